The molecule has 3 fully saturated rings. The normalized spacial score (nSPS) is 32.5. The molecule has 3 aliphatic rings. The van der Waals surface area contributed by atoms with Crippen LogP contribution in [0.15, 0.2) is 0 Å². The van der Waals surface area contributed by atoms with Gasteiger partial charge in [-0.05, 0) is 38.6 Å². The van der Waals surface area contributed by atoms with Gasteiger partial charge in [0.15, 0.2) is 0 Å². The Hall–Kier alpha value is -0.130. The molecule has 1 aliphatic heterocycles. The van der Waals surface area contributed by atoms with E-state index in [0.29, 0.717) is 6.04 Å². The zero-order chi connectivity index (χ0) is 10.5. The van der Waals surface area contributed by atoms with E-state index in [1.807, 2.05) is 4.31 Å². The number of rotatable bonds is 4. The second-order valence-electron chi connectivity index (χ2n) is 4.95. The molecule has 0 bridgehead atoms. The summed E-state index contributed by atoms with van der Waals surface area (Å²) >= 11 is 0. The highest BCUT2D eigenvalue weighted by molar-refractivity contribution is 7.90. The molecular formula is C10H18N2O2S. The smallest absolute Gasteiger partial charge is 0.217 e. The van der Waals surface area contributed by atoms with Gasteiger partial charge in [0.25, 0.3) is 0 Å². The van der Waals surface area contributed by atoms with Crippen molar-refractivity contribution in [3.8, 4) is 0 Å². The molecular weight excluding hydrogens is 212 g/mol. The van der Waals surface area contributed by atoms with Gasteiger partial charge in [-0.3, -0.25) is 0 Å². The second kappa shape index (κ2) is 3.43. The maximum atomic E-state index is 12.3. The van der Waals surface area contributed by atoms with Crippen molar-refractivity contribution < 1.29 is 8.42 Å². The lowest BCUT2D eigenvalue weighted by molar-refractivity contribution is 0.326. The fourth-order valence-electron chi connectivity index (χ4n) is 2.44. The molecule has 0 aromatic carbocycles. The molecule has 1 unspecified atom stereocenters. The summed E-state index contributed by atoms with van der Waals surface area (Å²) in [5.74, 6) is 0. The lowest BCUT2D eigenvalue weighted by Gasteiger charge is -2.27. The number of hydrogen-bond acceptors (Lipinski definition) is 3. The molecule has 2 aliphatic carbocycles. The summed E-state index contributed by atoms with van der Waals surface area (Å²) in [6, 6.07) is 0.573. The summed E-state index contributed by atoms with van der Waals surface area (Å²) < 4.78 is 26.4. The van der Waals surface area contributed by atoms with Crippen molar-refractivity contribution in [1.29, 1.82) is 0 Å². The molecule has 3 rings (SSSR count). The third-order valence-corrected chi connectivity index (χ3v) is 6.04. The fourth-order valence-corrected chi connectivity index (χ4v) is 4.74. The van der Waals surface area contributed by atoms with Crippen LogP contribution in [0.3, 0.4) is 0 Å². The first kappa shape index (κ1) is 10.1. The molecule has 0 radical (unpaired) electrons. The Morgan fingerprint density at radius 1 is 1.00 bits per heavy atom. The van der Waals surface area contributed by atoms with E-state index < -0.39 is 10.0 Å². The Labute approximate surface area is 91.1 Å². The van der Waals surface area contributed by atoms with Crippen molar-refractivity contribution in [2.45, 2.75) is 49.4 Å². The van der Waals surface area contributed by atoms with Crippen molar-refractivity contribution >= 4 is 10.0 Å². The van der Waals surface area contributed by atoms with E-state index in [-0.39, 0.29) is 11.3 Å². The molecule has 86 valence electrons. The van der Waals surface area contributed by atoms with Gasteiger partial charge in [0.1, 0.15) is 0 Å². The number of nitrogens with zero attached hydrogens (tertiary/aromatic N) is 1. The van der Waals surface area contributed by atoms with Crippen LogP contribution in [0.1, 0.15) is 32.1 Å². The van der Waals surface area contributed by atoms with Crippen LogP contribution in [0.25, 0.3) is 0 Å². The molecule has 2 saturated carbocycles. The van der Waals surface area contributed by atoms with Crippen LogP contribution in [-0.2, 0) is 10.0 Å². The van der Waals surface area contributed by atoms with Crippen molar-refractivity contribution in [3.05, 3.63) is 0 Å². The Morgan fingerprint density at radius 2 is 1.73 bits per heavy atom. The zero-order valence-electron chi connectivity index (χ0n) is 8.85. The highest BCUT2D eigenvalue weighted by Crippen LogP contribution is 2.39. The Kier molecular flexibility index (Phi) is 2.30. The first-order valence-corrected chi connectivity index (χ1v) is 7.43. The van der Waals surface area contributed by atoms with Gasteiger partial charge < -0.3 is 5.32 Å². The molecule has 5 heteroatoms. The minimum absolute atomic E-state index is 0.0429. The van der Waals surface area contributed by atoms with Crippen LogP contribution in [-0.4, -0.2) is 43.1 Å². The number of nitrogens with one attached hydrogen (secondary N) is 1. The molecule has 0 aromatic heterocycles. The molecule has 1 saturated heterocycles. The SMILES string of the molecule is O=S(=O)(C1CC1)N(C1CC1)C1CCNC1. The van der Waals surface area contributed by atoms with Gasteiger partial charge in [0.05, 0.1) is 5.25 Å². The van der Waals surface area contributed by atoms with Crippen molar-refractivity contribution in [2.75, 3.05) is 13.1 Å². The van der Waals surface area contributed by atoms with Gasteiger partial charge in [0.2, 0.25) is 10.0 Å². The average Bonchev–Trinajstić information content (AvgIpc) is 3.05. The Morgan fingerprint density at radius 3 is 2.20 bits per heavy atom. The maximum absolute atomic E-state index is 12.3. The highest BCUT2D eigenvalue weighted by atomic mass is 32.2. The van der Waals surface area contributed by atoms with Crippen LogP contribution in [0.5, 0.6) is 0 Å². The van der Waals surface area contributed by atoms with Crippen LogP contribution in [0, 0.1) is 0 Å². The quantitative estimate of drug-likeness (QED) is 0.756. The first-order valence-electron chi connectivity index (χ1n) is 5.92. The van der Waals surface area contributed by atoms with Gasteiger partial charge in [-0.25, -0.2) is 8.42 Å². The van der Waals surface area contributed by atoms with Crippen LogP contribution in [0.4, 0.5) is 0 Å². The summed E-state index contributed by atoms with van der Waals surface area (Å²) in [5.41, 5.74) is 0. The minimum atomic E-state index is -2.95. The van der Waals surface area contributed by atoms with E-state index in [1.165, 1.54) is 0 Å². The van der Waals surface area contributed by atoms with Crippen LogP contribution >= 0.6 is 0 Å². The topological polar surface area (TPSA) is 49.4 Å². The lowest BCUT2D eigenvalue weighted by Crippen LogP contribution is -2.44. The standard InChI is InChI=1S/C10H18N2O2S/c13-15(14,10-3-4-10)12(8-1-2-8)9-5-6-11-7-9/h8-11H,1-7H2. The highest BCUT2D eigenvalue weighted by Gasteiger charge is 2.48. The summed E-state index contributed by atoms with van der Waals surface area (Å²) in [5, 5.41) is 3.22. The second-order valence-corrected chi connectivity index (χ2v) is 7.07. The number of sulfonamides is 1. The molecule has 4 nitrogen and oxygen atoms in total. The summed E-state index contributed by atoms with van der Waals surface area (Å²) in [4.78, 5) is 0. The predicted molar refractivity (Wildman–Crippen MR) is 58.1 cm³/mol. The largest absolute Gasteiger partial charge is 0.315 e. The first-order chi connectivity index (χ1) is 7.19. The Balaban J connectivity index is 1.82. The summed E-state index contributed by atoms with van der Waals surface area (Å²) in [6.07, 6.45) is 4.89. The van der Waals surface area contributed by atoms with Crippen molar-refractivity contribution in [1.82, 2.24) is 9.62 Å². The maximum Gasteiger partial charge on any atom is 0.217 e. The molecule has 0 spiro atoms. The zero-order valence-corrected chi connectivity index (χ0v) is 9.67. The van der Waals surface area contributed by atoms with Gasteiger partial charge in [-0.1, -0.05) is 0 Å². The molecule has 1 atom stereocenters. The van der Waals surface area contributed by atoms with Gasteiger partial charge >= 0.3 is 0 Å². The van der Waals surface area contributed by atoms with Crippen molar-refractivity contribution in [2.24, 2.45) is 0 Å². The monoisotopic (exact) mass is 230 g/mol. The van der Waals surface area contributed by atoms with Gasteiger partial charge in [-0.15, -0.1) is 0 Å². The van der Waals surface area contributed by atoms with E-state index in [2.05, 4.69) is 5.32 Å². The summed E-state index contributed by atoms with van der Waals surface area (Å²) in [7, 11) is -2.95. The Bertz CT molecular complexity index is 340. The van der Waals surface area contributed by atoms with Crippen LogP contribution < -0.4 is 5.32 Å². The third-order valence-electron chi connectivity index (χ3n) is 3.54. The lowest BCUT2D eigenvalue weighted by atomic mass is 10.2. The minimum Gasteiger partial charge on any atom is -0.315 e. The van der Waals surface area contributed by atoms with Crippen LogP contribution in [0.2, 0.25) is 0 Å². The summed E-state index contributed by atoms with van der Waals surface area (Å²) in [6.45, 7) is 1.82. The van der Waals surface area contributed by atoms with E-state index >= 15 is 0 Å². The van der Waals surface area contributed by atoms with E-state index in [0.717, 1.165) is 45.2 Å². The molecule has 1 N–H and O–H groups in total. The third kappa shape index (κ3) is 1.81. The van der Waals surface area contributed by atoms with E-state index in [1.54, 1.807) is 0 Å². The number of hydrogen-bond donors (Lipinski definition) is 1. The van der Waals surface area contributed by atoms with Gasteiger partial charge in [-0.2, -0.15) is 4.31 Å². The molecule has 0 amide bonds. The molecule has 1 heterocycles. The van der Waals surface area contributed by atoms with Gasteiger partial charge in [0, 0.05) is 18.6 Å². The van der Waals surface area contributed by atoms with E-state index in [9.17, 15) is 8.42 Å². The average molecular weight is 230 g/mol. The molecule has 0 aromatic rings. The fraction of sp³-hybridized carbons (Fsp3) is 1.00. The predicted octanol–water partition coefficient (Wildman–Crippen LogP) is 0.305. The molecule has 15 heavy (non-hydrogen) atoms. The van der Waals surface area contributed by atoms with Crippen molar-refractivity contribution in [3.63, 3.8) is 0 Å². The van der Waals surface area contributed by atoms with E-state index in [4.69, 9.17) is 0 Å².